The Morgan fingerprint density at radius 2 is 1.67 bits per heavy atom. The maximum Gasteiger partial charge on any atom is 0.433 e. The lowest BCUT2D eigenvalue weighted by molar-refractivity contribution is -0.191. The lowest BCUT2D eigenvalue weighted by Gasteiger charge is -2.43. The summed E-state index contributed by atoms with van der Waals surface area (Å²) in [5.74, 6) is -0.160. The third-order valence-electron chi connectivity index (χ3n) is 7.46. The molecule has 2 aromatic heterocycles. The van der Waals surface area contributed by atoms with E-state index in [-0.39, 0.29) is 47.7 Å². The van der Waals surface area contributed by atoms with E-state index in [0.717, 1.165) is 6.20 Å². The molecule has 1 aliphatic heterocycles. The molecule has 0 aliphatic carbocycles. The Morgan fingerprint density at radius 1 is 1.00 bits per heavy atom. The molecule has 42 heavy (non-hydrogen) atoms. The summed E-state index contributed by atoms with van der Waals surface area (Å²) in [5.41, 5.74) is -1.25. The first-order chi connectivity index (χ1) is 19.8. The second-order valence-corrected chi connectivity index (χ2v) is 10.2. The number of amides is 1. The van der Waals surface area contributed by atoms with Crippen LogP contribution in [0.15, 0.2) is 60.8 Å². The highest BCUT2D eigenvalue weighted by molar-refractivity contribution is 6.00. The van der Waals surface area contributed by atoms with Crippen molar-refractivity contribution in [1.82, 2.24) is 24.4 Å². The van der Waals surface area contributed by atoms with Gasteiger partial charge in [-0.05, 0) is 43.7 Å². The first-order valence-electron chi connectivity index (χ1n) is 13.1. The van der Waals surface area contributed by atoms with Gasteiger partial charge in [0.25, 0.3) is 5.91 Å². The Hall–Kier alpha value is -4.13. The Morgan fingerprint density at radius 3 is 2.24 bits per heavy atom. The van der Waals surface area contributed by atoms with E-state index in [0.29, 0.717) is 15.8 Å². The van der Waals surface area contributed by atoms with Gasteiger partial charge in [-0.3, -0.25) is 9.69 Å². The fourth-order valence-electron chi connectivity index (χ4n) is 5.51. The van der Waals surface area contributed by atoms with Gasteiger partial charge >= 0.3 is 12.4 Å². The van der Waals surface area contributed by atoms with E-state index in [9.17, 15) is 31.1 Å². The highest BCUT2D eigenvalue weighted by Gasteiger charge is 2.47. The molecule has 13 heteroatoms. The van der Waals surface area contributed by atoms with Crippen molar-refractivity contribution < 1.29 is 35.9 Å². The van der Waals surface area contributed by atoms with Gasteiger partial charge in [0.2, 0.25) is 0 Å². The number of fused-ring (bicyclic) bond motifs is 1. The second kappa shape index (κ2) is 10.9. The topological polar surface area (TPSA) is 63.0 Å². The van der Waals surface area contributed by atoms with Crippen molar-refractivity contribution in [2.24, 2.45) is 0 Å². The van der Waals surface area contributed by atoms with E-state index in [1.54, 1.807) is 37.3 Å². The van der Waals surface area contributed by atoms with Crippen molar-refractivity contribution in [1.29, 1.82) is 0 Å². The first kappa shape index (κ1) is 29.4. The van der Waals surface area contributed by atoms with E-state index in [2.05, 4.69) is 10.1 Å². The number of carbonyl (C=O) groups excluding carboxylic acids is 1. The first-order valence-corrected chi connectivity index (χ1v) is 13.1. The molecule has 2 aromatic carbocycles. The van der Waals surface area contributed by atoms with E-state index in [1.807, 2.05) is 0 Å². The molecule has 1 amide bonds. The summed E-state index contributed by atoms with van der Waals surface area (Å²) >= 11 is 0. The van der Waals surface area contributed by atoms with Crippen LogP contribution in [0.4, 0.5) is 26.3 Å². The van der Waals surface area contributed by atoms with Crippen molar-refractivity contribution in [3.63, 3.8) is 0 Å². The summed E-state index contributed by atoms with van der Waals surface area (Å²) < 4.78 is 90.9. The summed E-state index contributed by atoms with van der Waals surface area (Å²) in [6.07, 6.45) is -8.34. The van der Waals surface area contributed by atoms with Gasteiger partial charge < -0.3 is 9.64 Å². The minimum absolute atomic E-state index is 0.0146. The minimum Gasteiger partial charge on any atom is -0.497 e. The number of hydrogen-bond acceptors (Lipinski definition) is 5. The van der Waals surface area contributed by atoms with Crippen LogP contribution < -0.4 is 4.74 Å². The molecule has 1 saturated heterocycles. The number of rotatable bonds is 5. The van der Waals surface area contributed by atoms with Gasteiger partial charge in [0.1, 0.15) is 17.4 Å². The number of nitrogens with zero attached hydrogens (tertiary/aromatic N) is 5. The molecule has 0 bridgehead atoms. The molecule has 7 nitrogen and oxygen atoms in total. The van der Waals surface area contributed by atoms with Gasteiger partial charge in [-0.1, -0.05) is 30.3 Å². The Balaban J connectivity index is 1.50. The maximum atomic E-state index is 14.3. The minimum atomic E-state index is -4.82. The summed E-state index contributed by atoms with van der Waals surface area (Å²) in [6, 6.07) is 11.3. The van der Waals surface area contributed by atoms with Crippen LogP contribution in [0, 0.1) is 6.92 Å². The third kappa shape index (κ3) is 5.40. The Labute approximate surface area is 237 Å². The van der Waals surface area contributed by atoms with Crippen LogP contribution in [0.2, 0.25) is 0 Å². The average Bonchev–Trinajstić information content (AvgIpc) is 3.35. The van der Waals surface area contributed by atoms with Crippen LogP contribution in [0.3, 0.4) is 0 Å². The van der Waals surface area contributed by atoms with Crippen molar-refractivity contribution in [2.75, 3.05) is 26.7 Å². The molecule has 4 aromatic rings. The van der Waals surface area contributed by atoms with Crippen molar-refractivity contribution >= 4 is 11.6 Å². The smallest absolute Gasteiger partial charge is 0.433 e. The zero-order valence-corrected chi connectivity index (χ0v) is 22.9. The number of carbonyl (C=O) groups is 1. The highest BCUT2D eigenvalue weighted by Crippen LogP contribution is 2.40. The number of methoxy groups -OCH3 is 1. The van der Waals surface area contributed by atoms with Crippen LogP contribution in [-0.4, -0.2) is 69.3 Å². The van der Waals surface area contributed by atoms with E-state index in [4.69, 9.17) is 4.74 Å². The number of halogens is 6. The fourth-order valence-corrected chi connectivity index (χ4v) is 5.51. The molecular formula is C29H27F6N5O2. The molecule has 2 atom stereocenters. The van der Waals surface area contributed by atoms with Crippen LogP contribution in [0.25, 0.3) is 16.9 Å². The predicted octanol–water partition coefficient (Wildman–Crippen LogP) is 6.18. The molecule has 0 spiro atoms. The maximum absolute atomic E-state index is 14.3. The van der Waals surface area contributed by atoms with E-state index < -0.39 is 36.0 Å². The van der Waals surface area contributed by atoms with Gasteiger partial charge in [-0.25, -0.2) is 9.50 Å². The van der Waals surface area contributed by atoms with Gasteiger partial charge in [0, 0.05) is 36.8 Å². The highest BCUT2D eigenvalue weighted by atomic mass is 19.4. The fraction of sp³-hybridized carbons (Fsp3) is 0.345. The van der Waals surface area contributed by atoms with Crippen molar-refractivity contribution in [2.45, 2.75) is 38.3 Å². The van der Waals surface area contributed by atoms with Gasteiger partial charge in [-0.15, -0.1) is 0 Å². The molecule has 0 N–H and O–H groups in total. The van der Waals surface area contributed by atoms with Crippen molar-refractivity contribution in [3.05, 3.63) is 83.2 Å². The lowest BCUT2D eigenvalue weighted by Crippen LogP contribution is -2.56. The van der Waals surface area contributed by atoms with Crippen LogP contribution >= 0.6 is 0 Å². The standard InChI is InChI=1S/C29H27F6N5O2/c1-17-16-38(25(29(33,34)35)20-7-5-4-6-8-20)13-14-39(17)27(41)22-15-36-40-24(28(30,31)32)18(2)23(37-26(22)40)19-9-11-21(42-3)12-10-19/h4-12,15,17,25H,13-14,16H2,1-3H3/t17-,25-/m1/s1. The van der Waals surface area contributed by atoms with Crippen LogP contribution in [0.5, 0.6) is 5.75 Å². The number of piperazine rings is 1. The molecule has 1 fully saturated rings. The molecule has 0 saturated carbocycles. The molecule has 5 rings (SSSR count). The van der Waals surface area contributed by atoms with E-state index >= 15 is 0 Å². The monoisotopic (exact) mass is 591 g/mol. The Kier molecular flexibility index (Phi) is 7.64. The number of aromatic nitrogens is 3. The number of alkyl halides is 6. The normalized spacial score (nSPS) is 17.5. The molecular weight excluding hydrogens is 564 g/mol. The number of hydrogen-bond donors (Lipinski definition) is 0. The van der Waals surface area contributed by atoms with Crippen molar-refractivity contribution in [3.8, 4) is 17.0 Å². The van der Waals surface area contributed by atoms with Gasteiger partial charge in [-0.2, -0.15) is 31.4 Å². The number of benzene rings is 2. The second-order valence-electron chi connectivity index (χ2n) is 10.2. The molecule has 1 aliphatic rings. The van der Waals surface area contributed by atoms with Gasteiger partial charge in [0.15, 0.2) is 11.3 Å². The quantitative estimate of drug-likeness (QED) is 0.260. The zero-order valence-electron chi connectivity index (χ0n) is 22.9. The summed E-state index contributed by atoms with van der Waals surface area (Å²) in [4.78, 5) is 20.8. The largest absolute Gasteiger partial charge is 0.497 e. The Bertz CT molecular complexity index is 1580. The predicted molar refractivity (Wildman–Crippen MR) is 142 cm³/mol. The summed E-state index contributed by atoms with van der Waals surface area (Å²) in [7, 11) is 1.46. The van der Waals surface area contributed by atoms with E-state index in [1.165, 1.54) is 48.1 Å². The molecule has 0 radical (unpaired) electrons. The van der Waals surface area contributed by atoms with Crippen LogP contribution in [0.1, 0.15) is 40.1 Å². The zero-order chi connectivity index (χ0) is 30.4. The lowest BCUT2D eigenvalue weighted by atomic mass is 10.0. The van der Waals surface area contributed by atoms with Gasteiger partial charge in [0.05, 0.1) is 19.0 Å². The average molecular weight is 592 g/mol. The summed E-state index contributed by atoms with van der Waals surface area (Å²) in [6.45, 7) is 2.63. The molecule has 222 valence electrons. The molecule has 3 heterocycles. The SMILES string of the molecule is COc1ccc(-c2nc3c(C(=O)N4CCN([C@H](c5ccccc5)C(F)(F)F)C[C@H]4C)cnn3c(C(F)(F)F)c2C)cc1. The number of ether oxygens (including phenoxy) is 1. The molecule has 0 unspecified atom stereocenters. The summed E-state index contributed by atoms with van der Waals surface area (Å²) in [5, 5.41) is 3.87. The van der Waals surface area contributed by atoms with Crippen LogP contribution in [-0.2, 0) is 6.18 Å². The third-order valence-corrected chi connectivity index (χ3v) is 7.46.